The second-order valence-electron chi connectivity index (χ2n) is 7.58. The number of carbonyl (C=O) groups excluding carboxylic acids is 1. The lowest BCUT2D eigenvalue weighted by Gasteiger charge is -2.34. The Labute approximate surface area is 168 Å². The van der Waals surface area contributed by atoms with E-state index in [9.17, 15) is 4.79 Å². The summed E-state index contributed by atoms with van der Waals surface area (Å²) in [7, 11) is 2.04. The maximum Gasteiger partial charge on any atom is 0.227 e. The zero-order chi connectivity index (χ0) is 19.1. The molecule has 1 unspecified atom stereocenters. The highest BCUT2D eigenvalue weighted by Crippen LogP contribution is 2.36. The average molecular weight is 390 g/mol. The topological polar surface area (TPSA) is 38.1 Å². The van der Waals surface area contributed by atoms with Crippen LogP contribution in [-0.4, -0.2) is 26.9 Å². The van der Waals surface area contributed by atoms with Crippen LogP contribution in [0.2, 0.25) is 0 Å². The van der Waals surface area contributed by atoms with Crippen LogP contribution in [0.4, 0.5) is 0 Å². The van der Waals surface area contributed by atoms with Gasteiger partial charge in [0, 0.05) is 30.7 Å². The molecule has 5 heteroatoms. The highest BCUT2D eigenvalue weighted by atomic mass is 32.1. The lowest BCUT2D eigenvalue weighted by Crippen LogP contribution is -2.39. The number of aryl methyl sites for hydroxylation is 1. The summed E-state index contributed by atoms with van der Waals surface area (Å²) in [5.74, 6) is 0.209. The maximum absolute atomic E-state index is 13.3. The first-order valence-corrected chi connectivity index (χ1v) is 10.7. The Morgan fingerprint density at radius 3 is 2.86 bits per heavy atom. The molecule has 2 aromatic carbocycles. The Kier molecular flexibility index (Phi) is 4.40. The summed E-state index contributed by atoms with van der Waals surface area (Å²) in [6.07, 6.45) is 5.77. The van der Waals surface area contributed by atoms with E-state index in [0.717, 1.165) is 41.9 Å². The zero-order valence-corrected chi connectivity index (χ0v) is 16.8. The van der Waals surface area contributed by atoms with Crippen LogP contribution < -0.4 is 0 Å². The molecule has 142 valence electrons. The van der Waals surface area contributed by atoms with Crippen molar-refractivity contribution in [2.24, 2.45) is 7.05 Å². The van der Waals surface area contributed by atoms with Crippen molar-refractivity contribution >= 4 is 38.4 Å². The molecule has 4 nitrogen and oxygen atoms in total. The molecule has 0 N–H and O–H groups in total. The van der Waals surface area contributed by atoms with Gasteiger partial charge in [-0.2, -0.15) is 0 Å². The van der Waals surface area contributed by atoms with Gasteiger partial charge in [-0.1, -0.05) is 30.3 Å². The molecule has 1 saturated heterocycles. The molecule has 1 amide bonds. The predicted molar refractivity (Wildman–Crippen MR) is 115 cm³/mol. The van der Waals surface area contributed by atoms with Crippen LogP contribution in [0.1, 0.15) is 35.9 Å². The third kappa shape index (κ3) is 3.00. The van der Waals surface area contributed by atoms with Crippen molar-refractivity contribution in [3.05, 3.63) is 65.3 Å². The molecule has 4 aromatic rings. The minimum absolute atomic E-state index is 0.105. The first kappa shape index (κ1) is 17.4. The van der Waals surface area contributed by atoms with Crippen molar-refractivity contribution in [3.8, 4) is 0 Å². The van der Waals surface area contributed by atoms with Crippen LogP contribution in [-0.2, 0) is 18.3 Å². The van der Waals surface area contributed by atoms with E-state index in [1.807, 2.05) is 25.2 Å². The summed E-state index contributed by atoms with van der Waals surface area (Å²) in [5, 5.41) is 2.25. The Morgan fingerprint density at radius 1 is 1.14 bits per heavy atom. The van der Waals surface area contributed by atoms with Gasteiger partial charge in [-0.3, -0.25) is 4.79 Å². The third-order valence-corrected chi connectivity index (χ3v) is 6.88. The van der Waals surface area contributed by atoms with Crippen LogP contribution in [0.15, 0.2) is 54.7 Å². The quantitative estimate of drug-likeness (QED) is 0.490. The van der Waals surface area contributed by atoms with Gasteiger partial charge < -0.3 is 9.47 Å². The van der Waals surface area contributed by atoms with Gasteiger partial charge in [-0.05, 0) is 43.0 Å². The van der Waals surface area contributed by atoms with E-state index in [4.69, 9.17) is 4.98 Å². The largest absolute Gasteiger partial charge is 0.350 e. The molecule has 1 atom stereocenters. The standard InChI is InChI=1S/C23H23N3OS/c1-25-15-16(17-8-2-4-10-19(17)25)14-22(27)26-13-7-6-11-20(26)23-24-18-9-3-5-12-21(18)28-23/h2-5,8-10,12,15,20H,6-7,11,13-14H2,1H3. The normalized spacial score (nSPS) is 17.5. The fraction of sp³-hybridized carbons (Fsp3) is 0.304. The number of carbonyl (C=O) groups is 1. The van der Waals surface area contributed by atoms with E-state index in [0.29, 0.717) is 6.42 Å². The average Bonchev–Trinajstić information content (AvgIpc) is 3.30. The molecule has 1 fully saturated rings. The molecular weight excluding hydrogens is 366 g/mol. The van der Waals surface area contributed by atoms with Crippen LogP contribution in [0, 0.1) is 0 Å². The highest BCUT2D eigenvalue weighted by molar-refractivity contribution is 7.18. The lowest BCUT2D eigenvalue weighted by molar-refractivity contribution is -0.134. The Hall–Kier alpha value is -2.66. The summed E-state index contributed by atoms with van der Waals surface area (Å²) in [6, 6.07) is 16.6. The fourth-order valence-electron chi connectivity index (χ4n) is 4.35. The van der Waals surface area contributed by atoms with Gasteiger partial charge in [-0.15, -0.1) is 11.3 Å². The van der Waals surface area contributed by atoms with Crippen molar-refractivity contribution in [2.45, 2.75) is 31.7 Å². The number of piperidine rings is 1. The van der Waals surface area contributed by atoms with E-state index in [2.05, 4.69) is 46.0 Å². The summed E-state index contributed by atoms with van der Waals surface area (Å²) in [6.45, 7) is 0.824. The van der Waals surface area contributed by atoms with Crippen LogP contribution in [0.5, 0.6) is 0 Å². The first-order valence-electron chi connectivity index (χ1n) is 9.88. The summed E-state index contributed by atoms with van der Waals surface area (Å²) < 4.78 is 3.31. The SMILES string of the molecule is Cn1cc(CC(=O)N2CCCCC2c2nc3ccccc3s2)c2ccccc21. The van der Waals surface area contributed by atoms with Crippen LogP contribution >= 0.6 is 11.3 Å². The zero-order valence-electron chi connectivity index (χ0n) is 16.0. The minimum Gasteiger partial charge on any atom is -0.350 e. The van der Waals surface area contributed by atoms with E-state index in [-0.39, 0.29) is 11.9 Å². The number of para-hydroxylation sites is 2. The Bertz CT molecular complexity index is 1130. The summed E-state index contributed by atoms with van der Waals surface area (Å²) >= 11 is 1.73. The van der Waals surface area contributed by atoms with Crippen molar-refractivity contribution < 1.29 is 4.79 Å². The molecule has 0 aliphatic carbocycles. The second-order valence-corrected chi connectivity index (χ2v) is 8.64. The third-order valence-electron chi connectivity index (χ3n) is 5.74. The predicted octanol–water partition coefficient (Wildman–Crippen LogP) is 5.08. The Morgan fingerprint density at radius 2 is 1.96 bits per heavy atom. The van der Waals surface area contributed by atoms with Gasteiger partial charge in [0.15, 0.2) is 0 Å². The van der Waals surface area contributed by atoms with Crippen molar-refractivity contribution in [1.29, 1.82) is 0 Å². The van der Waals surface area contributed by atoms with Gasteiger partial charge >= 0.3 is 0 Å². The highest BCUT2D eigenvalue weighted by Gasteiger charge is 2.30. The van der Waals surface area contributed by atoms with Gasteiger partial charge in [0.05, 0.1) is 22.7 Å². The maximum atomic E-state index is 13.3. The monoisotopic (exact) mass is 389 g/mol. The van der Waals surface area contributed by atoms with Gasteiger partial charge in [0.2, 0.25) is 5.91 Å². The molecular formula is C23H23N3OS. The first-order chi connectivity index (χ1) is 13.7. The number of thiazole rings is 1. The molecule has 1 aliphatic heterocycles. The van der Waals surface area contributed by atoms with Crippen molar-refractivity contribution in [3.63, 3.8) is 0 Å². The number of hydrogen-bond donors (Lipinski definition) is 0. The smallest absolute Gasteiger partial charge is 0.227 e. The van der Waals surface area contributed by atoms with E-state index >= 15 is 0 Å². The summed E-state index contributed by atoms with van der Waals surface area (Å²) in [4.78, 5) is 20.2. The second kappa shape index (κ2) is 7.06. The van der Waals surface area contributed by atoms with Gasteiger partial charge in [0.25, 0.3) is 0 Å². The fourth-order valence-corrected chi connectivity index (χ4v) is 5.47. The van der Waals surface area contributed by atoms with Crippen LogP contribution in [0.25, 0.3) is 21.1 Å². The number of benzene rings is 2. The number of aromatic nitrogens is 2. The van der Waals surface area contributed by atoms with E-state index in [1.54, 1.807) is 11.3 Å². The molecule has 3 heterocycles. The van der Waals surface area contributed by atoms with E-state index < -0.39 is 0 Å². The number of rotatable bonds is 3. The molecule has 0 radical (unpaired) electrons. The van der Waals surface area contributed by atoms with Gasteiger partial charge in [-0.25, -0.2) is 4.98 Å². The molecule has 28 heavy (non-hydrogen) atoms. The molecule has 1 aliphatic rings. The number of hydrogen-bond acceptors (Lipinski definition) is 3. The molecule has 0 bridgehead atoms. The lowest BCUT2D eigenvalue weighted by atomic mass is 10.0. The van der Waals surface area contributed by atoms with Crippen LogP contribution in [0.3, 0.4) is 0 Å². The van der Waals surface area contributed by atoms with Gasteiger partial charge in [0.1, 0.15) is 5.01 Å². The Balaban J connectivity index is 1.45. The number of fused-ring (bicyclic) bond motifs is 2. The minimum atomic E-state index is 0.105. The van der Waals surface area contributed by atoms with Crippen molar-refractivity contribution in [1.82, 2.24) is 14.5 Å². The van der Waals surface area contributed by atoms with Crippen molar-refractivity contribution in [2.75, 3.05) is 6.54 Å². The molecule has 2 aromatic heterocycles. The number of nitrogens with zero attached hydrogens (tertiary/aromatic N) is 3. The molecule has 0 saturated carbocycles. The summed E-state index contributed by atoms with van der Waals surface area (Å²) in [5.41, 5.74) is 3.32. The number of amides is 1. The number of likely N-dealkylation sites (tertiary alicyclic amines) is 1. The molecule has 5 rings (SSSR count). The molecule has 0 spiro atoms. The van der Waals surface area contributed by atoms with E-state index in [1.165, 1.54) is 15.6 Å².